The van der Waals surface area contributed by atoms with Gasteiger partial charge in [-0.1, -0.05) is 49.4 Å². The van der Waals surface area contributed by atoms with Gasteiger partial charge >= 0.3 is 5.97 Å². The van der Waals surface area contributed by atoms with Crippen molar-refractivity contribution in [1.82, 2.24) is 24.2 Å². The SMILES string of the molecule is CC(CC(=O)N1CCC(O)(Cn2cnc3c(-c4ccc(C(=O)O)cc4)n(C)nc3c2=O)CC1)c1ccccc1. The van der Waals surface area contributed by atoms with E-state index >= 15 is 0 Å². The minimum Gasteiger partial charge on any atom is -0.478 e. The molecule has 0 radical (unpaired) electrons. The molecule has 1 fully saturated rings. The van der Waals surface area contributed by atoms with Gasteiger partial charge in [0, 0.05) is 32.1 Å². The highest BCUT2D eigenvalue weighted by Gasteiger charge is 2.35. The number of aromatic nitrogens is 4. The topological polar surface area (TPSA) is 131 Å². The van der Waals surface area contributed by atoms with Crippen molar-refractivity contribution in [1.29, 1.82) is 0 Å². The lowest BCUT2D eigenvalue weighted by Gasteiger charge is -2.38. The van der Waals surface area contributed by atoms with Gasteiger partial charge in [-0.15, -0.1) is 0 Å². The molecular weight excluding hydrogens is 498 g/mol. The molecule has 1 saturated heterocycles. The van der Waals surface area contributed by atoms with Crippen LogP contribution in [0.4, 0.5) is 0 Å². The fourth-order valence-corrected chi connectivity index (χ4v) is 5.24. The molecule has 2 N–H and O–H groups in total. The number of hydrogen-bond acceptors (Lipinski definition) is 6. The highest BCUT2D eigenvalue weighted by atomic mass is 16.4. The second-order valence-electron chi connectivity index (χ2n) is 10.4. The summed E-state index contributed by atoms with van der Waals surface area (Å²) in [4.78, 5) is 43.7. The third-order valence-electron chi connectivity index (χ3n) is 7.58. The molecule has 0 spiro atoms. The molecule has 0 aliphatic carbocycles. The smallest absolute Gasteiger partial charge is 0.335 e. The average molecular weight is 530 g/mol. The van der Waals surface area contributed by atoms with E-state index in [2.05, 4.69) is 10.1 Å². The second kappa shape index (κ2) is 10.5. The summed E-state index contributed by atoms with van der Waals surface area (Å²) in [6.07, 6.45) is 2.53. The Morgan fingerprint density at radius 1 is 1.03 bits per heavy atom. The lowest BCUT2D eigenvalue weighted by Crippen LogP contribution is -2.49. The number of hydrogen-bond donors (Lipinski definition) is 2. The minimum absolute atomic E-state index is 0.0520. The van der Waals surface area contributed by atoms with Gasteiger partial charge in [0.05, 0.1) is 29.7 Å². The number of carbonyl (C=O) groups excluding carboxylic acids is 1. The minimum atomic E-state index is -1.15. The van der Waals surface area contributed by atoms with Crippen LogP contribution < -0.4 is 5.56 Å². The maximum atomic E-state index is 13.3. The number of carboxylic acid groups (broad SMARTS) is 1. The van der Waals surface area contributed by atoms with Crippen molar-refractivity contribution in [2.75, 3.05) is 13.1 Å². The van der Waals surface area contributed by atoms with Crippen LogP contribution in [0.5, 0.6) is 0 Å². The number of amides is 1. The Morgan fingerprint density at radius 2 is 1.69 bits per heavy atom. The number of benzene rings is 2. The molecule has 5 rings (SSSR count). The Bertz CT molecular complexity index is 1570. The summed E-state index contributed by atoms with van der Waals surface area (Å²) < 4.78 is 2.93. The molecule has 1 unspecified atom stereocenters. The van der Waals surface area contributed by atoms with E-state index in [1.165, 1.54) is 23.0 Å². The Labute approximate surface area is 225 Å². The van der Waals surface area contributed by atoms with Crippen LogP contribution in [0, 0.1) is 0 Å². The number of carbonyl (C=O) groups is 2. The summed E-state index contributed by atoms with van der Waals surface area (Å²) in [6, 6.07) is 16.2. The number of piperidine rings is 1. The molecule has 2 aromatic carbocycles. The fourth-order valence-electron chi connectivity index (χ4n) is 5.24. The summed E-state index contributed by atoms with van der Waals surface area (Å²) in [5, 5.41) is 24.8. The van der Waals surface area contributed by atoms with Gasteiger partial charge in [-0.3, -0.25) is 18.8 Å². The van der Waals surface area contributed by atoms with Gasteiger partial charge in [-0.2, -0.15) is 5.10 Å². The Hall–Kier alpha value is -4.31. The quantitative estimate of drug-likeness (QED) is 0.376. The van der Waals surface area contributed by atoms with Gasteiger partial charge in [-0.05, 0) is 36.5 Å². The van der Waals surface area contributed by atoms with Crippen molar-refractivity contribution < 1.29 is 19.8 Å². The highest BCUT2D eigenvalue weighted by Crippen LogP contribution is 2.28. The molecule has 1 amide bonds. The van der Waals surface area contributed by atoms with Gasteiger partial charge in [0.1, 0.15) is 5.52 Å². The maximum Gasteiger partial charge on any atom is 0.335 e. The number of nitrogens with zero attached hydrogens (tertiary/aromatic N) is 5. The van der Waals surface area contributed by atoms with Crippen molar-refractivity contribution in [2.24, 2.45) is 7.05 Å². The standard InChI is InChI=1S/C29H31N5O5/c1-19(20-6-4-3-5-7-20)16-23(35)33-14-12-29(39,13-15-33)17-34-18-30-24-25(27(34)36)31-32(2)26(24)21-8-10-22(11-9-21)28(37)38/h3-11,18-19,39H,12-17H2,1-2H3,(H,37,38). The predicted molar refractivity (Wildman–Crippen MR) is 145 cm³/mol. The fraction of sp³-hybridized carbons (Fsp3) is 0.345. The number of aromatic carboxylic acids is 1. The van der Waals surface area contributed by atoms with E-state index in [-0.39, 0.29) is 35.0 Å². The van der Waals surface area contributed by atoms with Crippen molar-refractivity contribution >= 4 is 22.9 Å². The molecule has 10 heteroatoms. The molecular formula is C29H31N5O5. The number of fused-ring (bicyclic) bond motifs is 1. The monoisotopic (exact) mass is 529 g/mol. The number of carboxylic acids is 1. The highest BCUT2D eigenvalue weighted by molar-refractivity contribution is 5.91. The summed E-state index contributed by atoms with van der Waals surface area (Å²) >= 11 is 0. The van der Waals surface area contributed by atoms with Gasteiger partial charge in [0.15, 0.2) is 5.52 Å². The first kappa shape index (κ1) is 26.3. The van der Waals surface area contributed by atoms with Crippen LogP contribution in [0.1, 0.15) is 48.0 Å². The number of aryl methyl sites for hydroxylation is 1. The third-order valence-corrected chi connectivity index (χ3v) is 7.58. The zero-order chi connectivity index (χ0) is 27.7. The second-order valence-corrected chi connectivity index (χ2v) is 10.4. The van der Waals surface area contributed by atoms with Crippen LogP contribution in [0.3, 0.4) is 0 Å². The van der Waals surface area contributed by atoms with Crippen molar-refractivity contribution in [3.8, 4) is 11.3 Å². The zero-order valence-corrected chi connectivity index (χ0v) is 21.9. The molecule has 2 aromatic heterocycles. The van der Waals surface area contributed by atoms with Crippen LogP contribution in [0.15, 0.2) is 65.7 Å². The zero-order valence-electron chi connectivity index (χ0n) is 21.9. The van der Waals surface area contributed by atoms with Crippen molar-refractivity contribution in [3.05, 3.63) is 82.4 Å². The van der Waals surface area contributed by atoms with E-state index < -0.39 is 11.6 Å². The van der Waals surface area contributed by atoms with Crippen LogP contribution in [0.2, 0.25) is 0 Å². The maximum absolute atomic E-state index is 13.3. The van der Waals surface area contributed by atoms with E-state index in [4.69, 9.17) is 5.11 Å². The molecule has 10 nitrogen and oxygen atoms in total. The van der Waals surface area contributed by atoms with Crippen LogP contribution in [-0.2, 0) is 18.4 Å². The largest absolute Gasteiger partial charge is 0.478 e. The van der Waals surface area contributed by atoms with E-state index in [0.29, 0.717) is 49.1 Å². The van der Waals surface area contributed by atoms with Crippen molar-refractivity contribution in [3.63, 3.8) is 0 Å². The molecule has 1 atom stereocenters. The Morgan fingerprint density at radius 3 is 2.33 bits per heavy atom. The average Bonchev–Trinajstić information content (AvgIpc) is 3.27. The van der Waals surface area contributed by atoms with E-state index in [1.54, 1.807) is 28.8 Å². The van der Waals surface area contributed by atoms with Crippen LogP contribution in [-0.4, -0.2) is 65.0 Å². The molecule has 202 valence electrons. The molecule has 0 bridgehead atoms. The first-order chi connectivity index (χ1) is 18.6. The van der Waals surface area contributed by atoms with Gasteiger partial charge in [0.2, 0.25) is 5.91 Å². The van der Waals surface area contributed by atoms with Crippen molar-refractivity contribution in [2.45, 2.75) is 44.2 Å². The van der Waals surface area contributed by atoms with Gasteiger partial charge < -0.3 is 15.1 Å². The van der Waals surface area contributed by atoms with E-state index in [0.717, 1.165) is 5.56 Å². The van der Waals surface area contributed by atoms with Crippen LogP contribution >= 0.6 is 0 Å². The lowest BCUT2D eigenvalue weighted by atomic mass is 9.90. The number of aliphatic hydroxyl groups is 1. The first-order valence-electron chi connectivity index (χ1n) is 13.0. The van der Waals surface area contributed by atoms with Crippen LogP contribution in [0.25, 0.3) is 22.3 Å². The number of likely N-dealkylation sites (tertiary alicyclic amines) is 1. The van der Waals surface area contributed by atoms with Gasteiger partial charge in [0.25, 0.3) is 5.56 Å². The number of rotatable bonds is 7. The summed E-state index contributed by atoms with van der Waals surface area (Å²) in [7, 11) is 1.70. The third kappa shape index (κ3) is 5.33. The lowest BCUT2D eigenvalue weighted by molar-refractivity contribution is -0.136. The molecule has 3 heterocycles. The Balaban J connectivity index is 1.28. The molecule has 4 aromatic rings. The molecule has 39 heavy (non-hydrogen) atoms. The van der Waals surface area contributed by atoms with E-state index in [9.17, 15) is 19.5 Å². The first-order valence-corrected chi connectivity index (χ1v) is 13.0. The molecule has 1 aliphatic heterocycles. The Kier molecular flexibility index (Phi) is 7.05. The van der Waals surface area contributed by atoms with E-state index in [1.807, 2.05) is 37.3 Å². The summed E-state index contributed by atoms with van der Waals surface area (Å²) in [5.41, 5.74) is 1.63. The summed E-state index contributed by atoms with van der Waals surface area (Å²) in [5.74, 6) is -0.854. The van der Waals surface area contributed by atoms with Gasteiger partial charge in [-0.25, -0.2) is 9.78 Å². The summed E-state index contributed by atoms with van der Waals surface area (Å²) in [6.45, 7) is 2.93. The normalized spacial score (nSPS) is 15.8. The predicted octanol–water partition coefficient (Wildman–Crippen LogP) is 3.04. The molecule has 0 saturated carbocycles. The molecule has 1 aliphatic rings.